The number of piperazine rings is 1. The van der Waals surface area contributed by atoms with Crippen LogP contribution in [0.5, 0.6) is 0 Å². The molecule has 0 bridgehead atoms. The highest BCUT2D eigenvalue weighted by Crippen LogP contribution is 2.26. The molecule has 0 radical (unpaired) electrons. The van der Waals surface area contributed by atoms with Crippen LogP contribution in [0.4, 0.5) is 4.39 Å². The first-order valence-electron chi connectivity index (χ1n) is 11.0. The molecular formula is C23H27FN6O2S. The molecule has 3 heterocycles. The van der Waals surface area contributed by atoms with Gasteiger partial charge in [0.05, 0.1) is 17.1 Å². The van der Waals surface area contributed by atoms with E-state index in [-0.39, 0.29) is 29.5 Å². The number of carbonyl (C=O) groups is 2. The highest BCUT2D eigenvalue weighted by molar-refractivity contribution is 7.13. The Bertz CT molecular complexity index is 1090. The van der Waals surface area contributed by atoms with Crippen LogP contribution in [0, 0.1) is 5.82 Å². The molecule has 1 N–H and O–H groups in total. The fraction of sp³-hybridized carbons (Fsp3) is 0.391. The minimum absolute atomic E-state index is 0.00410. The Labute approximate surface area is 196 Å². The van der Waals surface area contributed by atoms with Gasteiger partial charge >= 0.3 is 0 Å². The van der Waals surface area contributed by atoms with Crippen LogP contribution < -0.4 is 5.32 Å². The molecule has 1 unspecified atom stereocenters. The summed E-state index contributed by atoms with van der Waals surface area (Å²) in [5.41, 5.74) is 0.628. The van der Waals surface area contributed by atoms with Gasteiger partial charge < -0.3 is 10.2 Å². The van der Waals surface area contributed by atoms with Crippen molar-refractivity contribution in [2.75, 3.05) is 32.7 Å². The quantitative estimate of drug-likeness (QED) is 0.574. The third-order valence-corrected chi connectivity index (χ3v) is 6.52. The number of hydrogen-bond acceptors (Lipinski definition) is 6. The standard InChI is InChI=1S/C23H27FN6O2S/c1-3-16(2)25-20(31)15-28-10-12-29(13-11-28)23(32)21-26-22(19-5-4-14-33-19)30(27-21)18-8-6-17(24)7-9-18/h4-9,14,16H,3,10-13,15H2,1-2H3,(H,25,31). The number of rotatable bonds is 7. The molecule has 1 aliphatic rings. The smallest absolute Gasteiger partial charge is 0.293 e. The zero-order valence-electron chi connectivity index (χ0n) is 18.7. The molecule has 1 saturated heterocycles. The van der Waals surface area contributed by atoms with Crippen molar-refractivity contribution in [2.24, 2.45) is 0 Å². The Morgan fingerprint density at radius 2 is 1.88 bits per heavy atom. The minimum Gasteiger partial charge on any atom is -0.353 e. The lowest BCUT2D eigenvalue weighted by Crippen LogP contribution is -2.51. The van der Waals surface area contributed by atoms with E-state index in [0.29, 0.717) is 44.2 Å². The van der Waals surface area contributed by atoms with Crippen LogP contribution in [0.1, 0.15) is 30.9 Å². The molecule has 0 spiro atoms. The number of nitrogens with zero attached hydrogens (tertiary/aromatic N) is 5. The second kappa shape index (κ2) is 10.2. The van der Waals surface area contributed by atoms with Crippen molar-refractivity contribution in [1.82, 2.24) is 29.9 Å². The van der Waals surface area contributed by atoms with E-state index in [2.05, 4.69) is 15.4 Å². The van der Waals surface area contributed by atoms with Gasteiger partial charge in [0, 0.05) is 32.2 Å². The Hall–Kier alpha value is -3.11. The van der Waals surface area contributed by atoms with Crippen LogP contribution >= 0.6 is 11.3 Å². The Balaban J connectivity index is 1.46. The van der Waals surface area contributed by atoms with Gasteiger partial charge in [-0.1, -0.05) is 13.0 Å². The fourth-order valence-corrected chi connectivity index (χ4v) is 4.30. The predicted octanol–water partition coefficient (Wildman–Crippen LogP) is 2.81. The number of carbonyl (C=O) groups excluding carboxylic acids is 2. The van der Waals surface area contributed by atoms with Crippen LogP contribution in [0.15, 0.2) is 41.8 Å². The van der Waals surface area contributed by atoms with Crippen molar-refractivity contribution in [3.05, 3.63) is 53.4 Å². The van der Waals surface area contributed by atoms with Gasteiger partial charge in [0.15, 0.2) is 5.82 Å². The van der Waals surface area contributed by atoms with Gasteiger partial charge in [0.2, 0.25) is 11.7 Å². The molecule has 1 aliphatic heterocycles. The van der Waals surface area contributed by atoms with Crippen molar-refractivity contribution in [3.63, 3.8) is 0 Å². The summed E-state index contributed by atoms with van der Waals surface area (Å²) in [4.78, 5) is 34.5. The van der Waals surface area contributed by atoms with Gasteiger partial charge in [-0.3, -0.25) is 14.5 Å². The van der Waals surface area contributed by atoms with E-state index in [0.717, 1.165) is 11.3 Å². The van der Waals surface area contributed by atoms with Crippen molar-refractivity contribution in [1.29, 1.82) is 0 Å². The lowest BCUT2D eigenvalue weighted by molar-refractivity contribution is -0.123. The summed E-state index contributed by atoms with van der Waals surface area (Å²) in [6.45, 7) is 6.55. The third kappa shape index (κ3) is 5.45. The Morgan fingerprint density at radius 1 is 1.15 bits per heavy atom. The van der Waals surface area contributed by atoms with Crippen molar-refractivity contribution in [3.8, 4) is 16.4 Å². The SMILES string of the molecule is CCC(C)NC(=O)CN1CCN(C(=O)c2nc(-c3cccs3)n(-c3ccc(F)cc3)n2)CC1. The Kier molecular flexibility index (Phi) is 7.14. The van der Waals surface area contributed by atoms with Gasteiger partial charge in [-0.15, -0.1) is 16.4 Å². The maximum Gasteiger partial charge on any atom is 0.293 e. The first kappa shape index (κ1) is 23.1. The molecule has 174 valence electrons. The molecular weight excluding hydrogens is 443 g/mol. The van der Waals surface area contributed by atoms with E-state index in [9.17, 15) is 14.0 Å². The molecule has 2 amide bonds. The van der Waals surface area contributed by atoms with E-state index in [1.807, 2.05) is 36.3 Å². The number of amides is 2. The van der Waals surface area contributed by atoms with E-state index >= 15 is 0 Å². The summed E-state index contributed by atoms with van der Waals surface area (Å²) in [6.07, 6.45) is 0.888. The number of thiophene rings is 1. The molecule has 4 rings (SSSR count). The van der Waals surface area contributed by atoms with Crippen molar-refractivity contribution in [2.45, 2.75) is 26.3 Å². The van der Waals surface area contributed by atoms with Crippen LogP contribution in [0.3, 0.4) is 0 Å². The lowest BCUT2D eigenvalue weighted by Gasteiger charge is -2.33. The van der Waals surface area contributed by atoms with Crippen LogP contribution in [0.2, 0.25) is 0 Å². The predicted molar refractivity (Wildman–Crippen MR) is 125 cm³/mol. The van der Waals surface area contributed by atoms with Gasteiger partial charge in [0.1, 0.15) is 5.82 Å². The number of nitrogens with one attached hydrogen (secondary N) is 1. The van der Waals surface area contributed by atoms with E-state index < -0.39 is 0 Å². The van der Waals surface area contributed by atoms with Crippen LogP contribution in [-0.4, -0.2) is 75.1 Å². The molecule has 1 atom stereocenters. The molecule has 0 aliphatic carbocycles. The maximum absolute atomic E-state index is 13.4. The highest BCUT2D eigenvalue weighted by Gasteiger charge is 2.27. The van der Waals surface area contributed by atoms with Crippen molar-refractivity contribution < 1.29 is 14.0 Å². The summed E-state index contributed by atoms with van der Waals surface area (Å²) in [5.74, 6) is 0.0522. The first-order chi connectivity index (χ1) is 15.9. The van der Waals surface area contributed by atoms with Gasteiger partial charge in [0.25, 0.3) is 5.91 Å². The average Bonchev–Trinajstić information content (AvgIpc) is 3.49. The van der Waals surface area contributed by atoms with E-state index in [4.69, 9.17) is 0 Å². The summed E-state index contributed by atoms with van der Waals surface area (Å²) in [5, 5.41) is 9.37. The van der Waals surface area contributed by atoms with Crippen molar-refractivity contribution >= 4 is 23.2 Å². The van der Waals surface area contributed by atoms with Gasteiger partial charge in [-0.05, 0) is 49.1 Å². The molecule has 1 aromatic carbocycles. The zero-order valence-corrected chi connectivity index (χ0v) is 19.5. The first-order valence-corrected chi connectivity index (χ1v) is 11.9. The molecule has 8 nitrogen and oxygen atoms in total. The number of aromatic nitrogens is 3. The van der Waals surface area contributed by atoms with Gasteiger partial charge in [-0.2, -0.15) is 0 Å². The molecule has 33 heavy (non-hydrogen) atoms. The average molecular weight is 471 g/mol. The second-order valence-electron chi connectivity index (χ2n) is 8.07. The number of hydrogen-bond donors (Lipinski definition) is 1. The summed E-state index contributed by atoms with van der Waals surface area (Å²) >= 11 is 1.49. The Morgan fingerprint density at radius 3 is 2.52 bits per heavy atom. The molecule has 1 fully saturated rings. The van der Waals surface area contributed by atoms with E-state index in [1.165, 1.54) is 23.5 Å². The summed E-state index contributed by atoms with van der Waals surface area (Å²) < 4.78 is 15.0. The maximum atomic E-state index is 13.4. The van der Waals surface area contributed by atoms with Crippen LogP contribution in [0.25, 0.3) is 16.4 Å². The molecule has 0 saturated carbocycles. The molecule has 2 aromatic heterocycles. The monoisotopic (exact) mass is 470 g/mol. The molecule has 3 aromatic rings. The van der Waals surface area contributed by atoms with Crippen LogP contribution in [-0.2, 0) is 4.79 Å². The lowest BCUT2D eigenvalue weighted by atomic mass is 10.2. The highest BCUT2D eigenvalue weighted by atomic mass is 32.1. The minimum atomic E-state index is -0.344. The number of halogens is 1. The third-order valence-electron chi connectivity index (χ3n) is 5.66. The van der Waals surface area contributed by atoms with Gasteiger partial charge in [-0.25, -0.2) is 14.1 Å². The normalized spacial score (nSPS) is 15.4. The fourth-order valence-electron chi connectivity index (χ4n) is 3.61. The zero-order chi connectivity index (χ0) is 23.4. The topological polar surface area (TPSA) is 83.4 Å². The van der Waals surface area contributed by atoms with E-state index in [1.54, 1.807) is 21.7 Å². The number of benzene rings is 1. The molecule has 10 heteroatoms. The summed E-state index contributed by atoms with van der Waals surface area (Å²) in [7, 11) is 0. The second-order valence-corrected chi connectivity index (χ2v) is 9.02. The summed E-state index contributed by atoms with van der Waals surface area (Å²) in [6, 6.07) is 9.89. The largest absolute Gasteiger partial charge is 0.353 e.